The Morgan fingerprint density at radius 2 is 1.76 bits per heavy atom. The lowest BCUT2D eigenvalue weighted by Crippen LogP contribution is -2.39. The highest BCUT2D eigenvalue weighted by atomic mass is 15.2. The van der Waals surface area contributed by atoms with Crippen molar-refractivity contribution in [3.8, 4) is 0 Å². The van der Waals surface area contributed by atoms with Crippen molar-refractivity contribution in [3.05, 3.63) is 29.8 Å². The average molecular weight is 288 g/mol. The van der Waals surface area contributed by atoms with Crippen LogP contribution in [0, 0.1) is 0 Å². The summed E-state index contributed by atoms with van der Waals surface area (Å²) < 4.78 is 0. The van der Waals surface area contributed by atoms with Crippen LogP contribution in [0.4, 0.5) is 5.69 Å². The van der Waals surface area contributed by atoms with Gasteiger partial charge in [-0.1, -0.05) is 18.2 Å². The summed E-state index contributed by atoms with van der Waals surface area (Å²) in [6.45, 7) is 12.8. The van der Waals surface area contributed by atoms with Crippen LogP contribution in [0.3, 0.4) is 0 Å². The zero-order valence-electron chi connectivity index (χ0n) is 14.3. The van der Waals surface area contributed by atoms with Crippen LogP contribution in [0.15, 0.2) is 24.3 Å². The van der Waals surface area contributed by atoms with E-state index in [4.69, 9.17) is 0 Å². The summed E-state index contributed by atoms with van der Waals surface area (Å²) in [6.07, 6.45) is 5.16. The van der Waals surface area contributed by atoms with Crippen molar-refractivity contribution in [1.29, 1.82) is 0 Å². The van der Waals surface area contributed by atoms with E-state index in [1.807, 2.05) is 0 Å². The zero-order chi connectivity index (χ0) is 15.2. The van der Waals surface area contributed by atoms with Crippen LogP contribution in [0.2, 0.25) is 0 Å². The van der Waals surface area contributed by atoms with E-state index in [9.17, 15) is 0 Å². The topological polar surface area (TPSA) is 6.48 Å². The monoisotopic (exact) mass is 288 g/mol. The predicted octanol–water partition coefficient (Wildman–Crippen LogP) is 4.34. The van der Waals surface area contributed by atoms with E-state index in [-0.39, 0.29) is 0 Å². The number of anilines is 1. The van der Waals surface area contributed by atoms with Gasteiger partial charge in [-0.3, -0.25) is 4.90 Å². The average Bonchev–Trinajstić information content (AvgIpc) is 2.65. The van der Waals surface area contributed by atoms with E-state index in [1.165, 1.54) is 51.0 Å². The van der Waals surface area contributed by atoms with Gasteiger partial charge in [0.1, 0.15) is 0 Å². The van der Waals surface area contributed by atoms with Gasteiger partial charge in [0.25, 0.3) is 0 Å². The molecule has 1 aromatic carbocycles. The number of para-hydroxylation sites is 1. The van der Waals surface area contributed by atoms with Gasteiger partial charge < -0.3 is 4.90 Å². The van der Waals surface area contributed by atoms with Gasteiger partial charge in [0, 0.05) is 37.4 Å². The van der Waals surface area contributed by atoms with Crippen LogP contribution in [-0.4, -0.2) is 36.6 Å². The van der Waals surface area contributed by atoms with Crippen molar-refractivity contribution in [1.82, 2.24) is 4.90 Å². The van der Waals surface area contributed by atoms with Crippen LogP contribution in [0.25, 0.3) is 0 Å². The first-order valence-corrected chi connectivity index (χ1v) is 8.68. The highest BCUT2D eigenvalue weighted by molar-refractivity contribution is 5.54. The Morgan fingerprint density at radius 3 is 2.48 bits per heavy atom. The molecular weight excluding hydrogens is 256 g/mol. The van der Waals surface area contributed by atoms with Gasteiger partial charge in [0.2, 0.25) is 0 Å². The largest absolute Gasteiger partial charge is 0.371 e. The Hall–Kier alpha value is -1.02. The fourth-order valence-electron chi connectivity index (χ4n) is 3.56. The summed E-state index contributed by atoms with van der Waals surface area (Å²) >= 11 is 0. The molecule has 0 atom stereocenters. The highest BCUT2D eigenvalue weighted by Gasteiger charge is 2.16. The first kappa shape index (κ1) is 16.4. The third-order valence-electron chi connectivity index (χ3n) is 4.63. The van der Waals surface area contributed by atoms with Crippen LogP contribution in [0.1, 0.15) is 52.5 Å². The van der Waals surface area contributed by atoms with Crippen molar-refractivity contribution in [2.75, 3.05) is 24.5 Å². The zero-order valence-corrected chi connectivity index (χ0v) is 14.3. The van der Waals surface area contributed by atoms with Crippen molar-refractivity contribution in [3.63, 3.8) is 0 Å². The summed E-state index contributed by atoms with van der Waals surface area (Å²) in [7, 11) is 0. The highest BCUT2D eigenvalue weighted by Crippen LogP contribution is 2.26. The first-order valence-electron chi connectivity index (χ1n) is 8.68. The molecule has 0 bridgehead atoms. The minimum atomic E-state index is 0.640. The van der Waals surface area contributed by atoms with Crippen molar-refractivity contribution in [2.24, 2.45) is 0 Å². The van der Waals surface area contributed by atoms with Gasteiger partial charge >= 0.3 is 0 Å². The van der Waals surface area contributed by atoms with Gasteiger partial charge in [0.05, 0.1) is 0 Å². The van der Waals surface area contributed by atoms with E-state index in [0.717, 1.165) is 0 Å². The minimum absolute atomic E-state index is 0.640. The molecule has 0 amide bonds. The molecule has 1 aromatic rings. The molecule has 2 rings (SSSR count). The molecule has 0 radical (unpaired) electrons. The third-order valence-corrected chi connectivity index (χ3v) is 4.63. The van der Waals surface area contributed by atoms with E-state index in [1.54, 1.807) is 5.56 Å². The molecule has 1 aliphatic rings. The predicted molar refractivity (Wildman–Crippen MR) is 93.2 cm³/mol. The van der Waals surface area contributed by atoms with Crippen molar-refractivity contribution in [2.45, 2.75) is 65.5 Å². The molecule has 0 saturated carbocycles. The number of hydrogen-bond donors (Lipinski definition) is 0. The van der Waals surface area contributed by atoms with Crippen LogP contribution in [0.5, 0.6) is 0 Å². The van der Waals surface area contributed by atoms with Crippen LogP contribution in [-0.2, 0) is 6.42 Å². The summed E-state index contributed by atoms with van der Waals surface area (Å²) in [4.78, 5) is 5.21. The Kier molecular flexibility index (Phi) is 6.10. The summed E-state index contributed by atoms with van der Waals surface area (Å²) in [5.74, 6) is 0. The lowest BCUT2D eigenvalue weighted by molar-refractivity contribution is 0.174. The van der Waals surface area contributed by atoms with E-state index < -0.39 is 0 Å². The molecule has 0 spiro atoms. The molecule has 0 saturated heterocycles. The first-order chi connectivity index (χ1) is 10.1. The molecule has 2 heteroatoms. The lowest BCUT2D eigenvalue weighted by Gasteiger charge is -2.32. The van der Waals surface area contributed by atoms with E-state index in [2.05, 4.69) is 61.8 Å². The summed E-state index contributed by atoms with van der Waals surface area (Å²) in [5, 5.41) is 0. The van der Waals surface area contributed by atoms with Gasteiger partial charge in [-0.25, -0.2) is 0 Å². The number of nitrogens with zero attached hydrogens (tertiary/aromatic N) is 2. The smallest absolute Gasteiger partial charge is 0.0398 e. The molecule has 0 aromatic heterocycles. The molecule has 1 aliphatic heterocycles. The van der Waals surface area contributed by atoms with Gasteiger partial charge in [-0.2, -0.15) is 0 Å². The van der Waals surface area contributed by atoms with Crippen LogP contribution >= 0.6 is 0 Å². The molecule has 0 fully saturated rings. The maximum atomic E-state index is 2.61. The Labute approximate surface area is 131 Å². The van der Waals surface area contributed by atoms with Gasteiger partial charge in [0.15, 0.2) is 0 Å². The Balaban J connectivity index is 1.94. The molecule has 118 valence electrons. The second-order valence-electron chi connectivity index (χ2n) is 6.85. The number of rotatable bonds is 6. The molecule has 21 heavy (non-hydrogen) atoms. The van der Waals surface area contributed by atoms with Crippen molar-refractivity contribution < 1.29 is 0 Å². The molecule has 0 unspecified atom stereocenters. The molecule has 1 heterocycles. The van der Waals surface area contributed by atoms with Crippen LogP contribution < -0.4 is 4.90 Å². The summed E-state index contributed by atoms with van der Waals surface area (Å²) in [6, 6.07) is 10.3. The minimum Gasteiger partial charge on any atom is -0.371 e. The summed E-state index contributed by atoms with van der Waals surface area (Å²) in [5.41, 5.74) is 3.02. The van der Waals surface area contributed by atoms with Crippen molar-refractivity contribution >= 4 is 5.69 Å². The number of benzene rings is 1. The third kappa shape index (κ3) is 4.47. The number of aryl methyl sites for hydroxylation is 1. The second-order valence-corrected chi connectivity index (χ2v) is 6.85. The molecule has 0 aliphatic carbocycles. The molecular formula is C19H32N2. The van der Waals surface area contributed by atoms with E-state index >= 15 is 0 Å². The number of hydrogen-bond acceptors (Lipinski definition) is 2. The second kappa shape index (κ2) is 7.84. The standard InChI is InChI=1S/C19H32N2/c1-16(2)21(17(3)4)15-9-14-20-13-8-7-11-18-10-5-6-12-19(18)20/h5-6,10,12,16-17H,7-9,11,13-15H2,1-4H3. The Bertz CT molecular complexity index is 417. The van der Waals surface area contributed by atoms with Gasteiger partial charge in [-0.15, -0.1) is 0 Å². The maximum Gasteiger partial charge on any atom is 0.0398 e. The number of fused-ring (bicyclic) bond motifs is 1. The fraction of sp³-hybridized carbons (Fsp3) is 0.684. The molecule has 2 nitrogen and oxygen atoms in total. The SMILES string of the molecule is CC(C)N(CCCN1CCCCc2ccccc21)C(C)C. The Morgan fingerprint density at radius 1 is 1.05 bits per heavy atom. The van der Waals surface area contributed by atoms with E-state index in [0.29, 0.717) is 12.1 Å². The maximum absolute atomic E-state index is 2.61. The quantitative estimate of drug-likeness (QED) is 0.768. The lowest BCUT2D eigenvalue weighted by atomic mass is 10.1. The molecule has 0 N–H and O–H groups in total. The fourth-order valence-corrected chi connectivity index (χ4v) is 3.56. The normalized spacial score (nSPS) is 15.7. The van der Waals surface area contributed by atoms with Gasteiger partial charge in [-0.05, 0) is 65.0 Å².